The zero-order chi connectivity index (χ0) is 15.3. The highest BCUT2D eigenvalue weighted by Crippen LogP contribution is 2.29. The Hall–Kier alpha value is -0.000000000000000111. The van der Waals surface area contributed by atoms with Crippen molar-refractivity contribution in [2.24, 2.45) is 0 Å². The number of rotatable bonds is 7. The summed E-state index contributed by atoms with van der Waals surface area (Å²) in [5.41, 5.74) is 0. The lowest BCUT2D eigenvalue weighted by molar-refractivity contribution is 0.316. The van der Waals surface area contributed by atoms with Gasteiger partial charge < -0.3 is 0 Å². The SMILES string of the molecule is CCC(CC)N(CCCl)S(=O)(=O)c1cc(Cl)ccc1Cl. The van der Waals surface area contributed by atoms with Gasteiger partial charge >= 0.3 is 0 Å². The highest BCUT2D eigenvalue weighted by Gasteiger charge is 2.31. The second-order valence-electron chi connectivity index (χ2n) is 4.35. The van der Waals surface area contributed by atoms with Crippen molar-refractivity contribution in [1.82, 2.24) is 4.31 Å². The first-order chi connectivity index (χ1) is 9.38. The lowest BCUT2D eigenvalue weighted by Gasteiger charge is -2.29. The fourth-order valence-electron chi connectivity index (χ4n) is 2.08. The average Bonchev–Trinajstić information content (AvgIpc) is 2.41. The van der Waals surface area contributed by atoms with Crippen LogP contribution in [0.5, 0.6) is 0 Å². The van der Waals surface area contributed by atoms with Gasteiger partial charge in [-0.2, -0.15) is 4.31 Å². The summed E-state index contributed by atoms with van der Waals surface area (Å²) in [6.45, 7) is 4.15. The third kappa shape index (κ3) is 4.01. The number of hydrogen-bond acceptors (Lipinski definition) is 2. The van der Waals surface area contributed by atoms with E-state index in [4.69, 9.17) is 34.8 Å². The van der Waals surface area contributed by atoms with Crippen LogP contribution in [0.2, 0.25) is 10.0 Å². The molecule has 20 heavy (non-hydrogen) atoms. The molecule has 114 valence electrons. The maximum atomic E-state index is 12.8. The Balaban J connectivity index is 3.32. The maximum absolute atomic E-state index is 12.8. The van der Waals surface area contributed by atoms with E-state index in [9.17, 15) is 8.42 Å². The van der Waals surface area contributed by atoms with Crippen LogP contribution >= 0.6 is 34.8 Å². The summed E-state index contributed by atoms with van der Waals surface area (Å²) in [5.74, 6) is 0.230. The van der Waals surface area contributed by atoms with Gasteiger partial charge in [-0.15, -0.1) is 11.6 Å². The van der Waals surface area contributed by atoms with E-state index in [0.717, 1.165) is 0 Å². The van der Waals surface area contributed by atoms with E-state index < -0.39 is 10.0 Å². The molecule has 0 N–H and O–H groups in total. The first kappa shape index (κ1) is 18.1. The van der Waals surface area contributed by atoms with E-state index in [1.165, 1.54) is 16.4 Å². The standard InChI is InChI=1S/C13H18Cl3NO2S/c1-3-11(4-2)17(8-7-14)20(18,19)13-9-10(15)5-6-12(13)16/h5-6,9,11H,3-4,7-8H2,1-2H3. The maximum Gasteiger partial charge on any atom is 0.244 e. The zero-order valence-electron chi connectivity index (χ0n) is 11.4. The first-order valence-corrected chi connectivity index (χ1v) is 9.14. The van der Waals surface area contributed by atoms with Gasteiger partial charge in [0.1, 0.15) is 4.90 Å². The molecule has 0 fully saturated rings. The summed E-state index contributed by atoms with van der Waals surface area (Å²) in [7, 11) is -3.71. The van der Waals surface area contributed by atoms with E-state index in [2.05, 4.69) is 0 Å². The van der Waals surface area contributed by atoms with Gasteiger partial charge in [0.25, 0.3) is 0 Å². The zero-order valence-corrected chi connectivity index (χ0v) is 14.5. The van der Waals surface area contributed by atoms with Crippen molar-refractivity contribution >= 4 is 44.8 Å². The number of nitrogens with zero attached hydrogens (tertiary/aromatic N) is 1. The summed E-state index contributed by atoms with van der Waals surface area (Å²) >= 11 is 17.7. The molecule has 0 aromatic heterocycles. The molecule has 0 saturated heterocycles. The van der Waals surface area contributed by atoms with Crippen LogP contribution in [0.25, 0.3) is 0 Å². The Bertz CT molecular complexity index is 545. The molecule has 0 radical (unpaired) electrons. The van der Waals surface area contributed by atoms with Gasteiger partial charge in [0, 0.05) is 23.5 Å². The largest absolute Gasteiger partial charge is 0.244 e. The molecule has 0 heterocycles. The predicted octanol–water partition coefficient (Wildman–Crippen LogP) is 4.41. The molecule has 0 spiro atoms. The van der Waals surface area contributed by atoms with Gasteiger partial charge in [-0.1, -0.05) is 37.0 Å². The second-order valence-corrected chi connectivity index (χ2v) is 7.43. The molecule has 0 saturated carbocycles. The predicted molar refractivity (Wildman–Crippen MR) is 85.4 cm³/mol. The van der Waals surface area contributed by atoms with E-state index in [-0.39, 0.29) is 28.4 Å². The van der Waals surface area contributed by atoms with Crippen LogP contribution in [0.3, 0.4) is 0 Å². The van der Waals surface area contributed by atoms with Crippen molar-refractivity contribution in [2.45, 2.75) is 37.6 Å². The molecule has 0 aliphatic rings. The molecule has 0 bridgehead atoms. The minimum atomic E-state index is -3.71. The van der Waals surface area contributed by atoms with Gasteiger partial charge in [0.2, 0.25) is 10.0 Å². The van der Waals surface area contributed by atoms with E-state index in [1.807, 2.05) is 13.8 Å². The summed E-state index contributed by atoms with van der Waals surface area (Å²) in [6.07, 6.45) is 1.43. The van der Waals surface area contributed by atoms with Crippen LogP contribution in [-0.2, 0) is 10.0 Å². The Morgan fingerprint density at radius 3 is 2.30 bits per heavy atom. The Labute approximate surface area is 135 Å². The first-order valence-electron chi connectivity index (χ1n) is 6.41. The van der Waals surface area contributed by atoms with Crippen LogP contribution in [0.15, 0.2) is 23.1 Å². The van der Waals surface area contributed by atoms with Crippen molar-refractivity contribution in [3.63, 3.8) is 0 Å². The summed E-state index contributed by atoms with van der Waals surface area (Å²) < 4.78 is 27.0. The number of alkyl halides is 1. The van der Waals surface area contributed by atoms with Crippen LogP contribution < -0.4 is 0 Å². The van der Waals surface area contributed by atoms with Crippen LogP contribution in [0.4, 0.5) is 0 Å². The van der Waals surface area contributed by atoms with Gasteiger partial charge in [0.15, 0.2) is 0 Å². The van der Waals surface area contributed by atoms with Crippen LogP contribution in [0, 0.1) is 0 Å². The highest BCUT2D eigenvalue weighted by atomic mass is 35.5. The average molecular weight is 359 g/mol. The fourth-order valence-corrected chi connectivity index (χ4v) is 4.87. The quantitative estimate of drug-likeness (QED) is 0.677. The normalized spacial score (nSPS) is 12.3. The lowest BCUT2D eigenvalue weighted by atomic mass is 10.2. The van der Waals surface area contributed by atoms with Crippen LogP contribution in [-0.4, -0.2) is 31.2 Å². The Morgan fingerprint density at radius 2 is 1.80 bits per heavy atom. The number of halogens is 3. The van der Waals surface area contributed by atoms with Gasteiger partial charge in [-0.3, -0.25) is 0 Å². The summed E-state index contributed by atoms with van der Waals surface area (Å²) in [6, 6.07) is 4.32. The minimum absolute atomic E-state index is 0.0312. The molecule has 0 atom stereocenters. The summed E-state index contributed by atoms with van der Waals surface area (Å²) in [5, 5.41) is 0.503. The second kappa shape index (κ2) is 7.85. The monoisotopic (exact) mass is 357 g/mol. The molecule has 0 aliphatic carbocycles. The fraction of sp³-hybridized carbons (Fsp3) is 0.538. The van der Waals surface area contributed by atoms with Crippen molar-refractivity contribution in [3.8, 4) is 0 Å². The van der Waals surface area contributed by atoms with E-state index >= 15 is 0 Å². The molecule has 0 unspecified atom stereocenters. The molecular weight excluding hydrogens is 341 g/mol. The molecule has 0 aliphatic heterocycles. The van der Waals surface area contributed by atoms with Crippen molar-refractivity contribution in [2.75, 3.05) is 12.4 Å². The van der Waals surface area contributed by atoms with Crippen molar-refractivity contribution < 1.29 is 8.42 Å². The molecular formula is C13H18Cl3NO2S. The molecule has 3 nitrogen and oxygen atoms in total. The Morgan fingerprint density at radius 1 is 1.20 bits per heavy atom. The molecule has 1 rings (SSSR count). The smallest absolute Gasteiger partial charge is 0.207 e. The van der Waals surface area contributed by atoms with Crippen molar-refractivity contribution in [3.05, 3.63) is 28.2 Å². The van der Waals surface area contributed by atoms with E-state index in [1.54, 1.807) is 6.07 Å². The third-order valence-corrected chi connectivity index (χ3v) is 5.97. The molecule has 1 aromatic carbocycles. The van der Waals surface area contributed by atoms with Gasteiger partial charge in [-0.05, 0) is 31.0 Å². The van der Waals surface area contributed by atoms with Crippen LogP contribution in [0.1, 0.15) is 26.7 Å². The Kier molecular flexibility index (Phi) is 7.09. The molecule has 0 amide bonds. The van der Waals surface area contributed by atoms with Crippen molar-refractivity contribution in [1.29, 1.82) is 0 Å². The molecule has 1 aromatic rings. The molecule has 7 heteroatoms. The lowest BCUT2D eigenvalue weighted by Crippen LogP contribution is -2.41. The summed E-state index contributed by atoms with van der Waals surface area (Å²) in [4.78, 5) is 0.0312. The van der Waals surface area contributed by atoms with Gasteiger partial charge in [0.05, 0.1) is 5.02 Å². The topological polar surface area (TPSA) is 37.4 Å². The van der Waals surface area contributed by atoms with E-state index in [0.29, 0.717) is 17.9 Å². The third-order valence-electron chi connectivity index (χ3n) is 3.13. The van der Waals surface area contributed by atoms with Gasteiger partial charge in [-0.25, -0.2) is 8.42 Å². The number of benzene rings is 1. The minimum Gasteiger partial charge on any atom is -0.207 e. The highest BCUT2D eigenvalue weighted by molar-refractivity contribution is 7.89. The number of hydrogen-bond donors (Lipinski definition) is 0. The number of sulfonamides is 1.